The molecule has 0 radical (unpaired) electrons. The molecule has 2 N–H and O–H groups in total. The number of carbonyl (C=O) groups excluding carboxylic acids is 3. The van der Waals surface area contributed by atoms with E-state index >= 15 is 0 Å². The van der Waals surface area contributed by atoms with Crippen LogP contribution in [0.5, 0.6) is 0 Å². The third kappa shape index (κ3) is 2.93. The molecular weight excluding hydrogens is 318 g/mol. The smallest absolute Gasteiger partial charge is 0.243 e. The first-order valence-electron chi connectivity index (χ1n) is 9.80. The molecule has 1 unspecified atom stereocenters. The van der Waals surface area contributed by atoms with E-state index in [1.54, 1.807) is 7.05 Å². The molecule has 1 heterocycles. The Hall–Kier alpha value is -1.59. The number of rotatable bonds is 4. The molecule has 3 amide bonds. The van der Waals surface area contributed by atoms with E-state index in [0.29, 0.717) is 13.0 Å². The number of hydrogen-bond acceptors (Lipinski definition) is 3. The monoisotopic (exact) mass is 347 g/mol. The van der Waals surface area contributed by atoms with Crippen molar-refractivity contribution in [2.75, 3.05) is 20.1 Å². The number of hydrogen-bond donors (Lipinski definition) is 2. The van der Waals surface area contributed by atoms with Gasteiger partial charge in [0.25, 0.3) is 0 Å². The molecule has 1 aliphatic heterocycles. The molecule has 4 saturated carbocycles. The van der Waals surface area contributed by atoms with Crippen LogP contribution in [0.4, 0.5) is 0 Å². The van der Waals surface area contributed by atoms with Crippen LogP contribution in [0, 0.1) is 23.2 Å². The second-order valence-electron chi connectivity index (χ2n) is 8.75. The van der Waals surface area contributed by atoms with Crippen molar-refractivity contribution in [2.45, 2.75) is 57.4 Å². The van der Waals surface area contributed by atoms with Crippen molar-refractivity contribution in [2.24, 2.45) is 23.2 Å². The molecule has 0 aromatic carbocycles. The molecule has 0 spiro atoms. The Bertz CT molecular complexity index is 553. The van der Waals surface area contributed by atoms with Gasteiger partial charge in [0.2, 0.25) is 17.7 Å². The van der Waals surface area contributed by atoms with Crippen molar-refractivity contribution in [3.63, 3.8) is 0 Å². The Morgan fingerprint density at radius 3 is 2.20 bits per heavy atom. The molecule has 25 heavy (non-hydrogen) atoms. The Labute approximate surface area is 149 Å². The lowest BCUT2D eigenvalue weighted by atomic mass is 9.49. The first-order chi connectivity index (χ1) is 12.0. The van der Waals surface area contributed by atoms with Crippen LogP contribution in [0.2, 0.25) is 0 Å². The Morgan fingerprint density at radius 1 is 1.04 bits per heavy atom. The van der Waals surface area contributed by atoms with Gasteiger partial charge in [-0.25, -0.2) is 0 Å². The lowest BCUT2D eigenvalue weighted by molar-refractivity contribution is -0.160. The molecular formula is C19H29N3O3. The Kier molecular flexibility index (Phi) is 4.24. The molecule has 0 aromatic heterocycles. The van der Waals surface area contributed by atoms with E-state index in [0.717, 1.165) is 43.4 Å². The third-order valence-electron chi connectivity index (χ3n) is 7.01. The molecule has 6 heteroatoms. The summed E-state index contributed by atoms with van der Waals surface area (Å²) in [5.41, 5.74) is -0.196. The summed E-state index contributed by atoms with van der Waals surface area (Å²) < 4.78 is 0. The fourth-order valence-corrected chi connectivity index (χ4v) is 6.33. The minimum Gasteiger partial charge on any atom is -0.358 e. The topological polar surface area (TPSA) is 78.5 Å². The van der Waals surface area contributed by atoms with Crippen LogP contribution >= 0.6 is 0 Å². The van der Waals surface area contributed by atoms with E-state index in [4.69, 9.17) is 0 Å². The standard InChI is InChI=1S/C19H29N3O3/c1-20-16(23)11-21-17(24)15-3-2-4-22(15)18(25)19-8-12-5-13(9-19)7-14(6-12)10-19/h12-15H,2-11H2,1H3,(H,20,23)(H,21,24). The van der Waals surface area contributed by atoms with Gasteiger partial charge in [0.1, 0.15) is 6.04 Å². The summed E-state index contributed by atoms with van der Waals surface area (Å²) in [5.74, 6) is 1.99. The quantitative estimate of drug-likeness (QED) is 0.798. The number of nitrogens with zero attached hydrogens (tertiary/aromatic N) is 1. The van der Waals surface area contributed by atoms with E-state index in [1.807, 2.05) is 4.90 Å². The lowest BCUT2D eigenvalue weighted by Gasteiger charge is -2.56. The summed E-state index contributed by atoms with van der Waals surface area (Å²) in [4.78, 5) is 39.2. The van der Waals surface area contributed by atoms with E-state index in [2.05, 4.69) is 10.6 Å². The van der Waals surface area contributed by atoms with Crippen molar-refractivity contribution in [1.82, 2.24) is 15.5 Å². The van der Waals surface area contributed by atoms with Gasteiger partial charge in [-0.15, -0.1) is 0 Å². The summed E-state index contributed by atoms with van der Waals surface area (Å²) in [7, 11) is 1.55. The van der Waals surface area contributed by atoms with Gasteiger partial charge in [-0.1, -0.05) is 0 Å². The molecule has 5 fully saturated rings. The summed E-state index contributed by atoms with van der Waals surface area (Å²) in [6.07, 6.45) is 8.59. The maximum atomic E-state index is 13.5. The maximum Gasteiger partial charge on any atom is 0.243 e. The predicted molar refractivity (Wildman–Crippen MR) is 92.4 cm³/mol. The average molecular weight is 347 g/mol. The van der Waals surface area contributed by atoms with Crippen LogP contribution in [0.25, 0.3) is 0 Å². The number of nitrogens with one attached hydrogen (secondary N) is 2. The van der Waals surface area contributed by atoms with E-state index in [-0.39, 0.29) is 29.7 Å². The van der Waals surface area contributed by atoms with Crippen molar-refractivity contribution < 1.29 is 14.4 Å². The van der Waals surface area contributed by atoms with Crippen LogP contribution in [0.3, 0.4) is 0 Å². The third-order valence-corrected chi connectivity index (χ3v) is 7.01. The van der Waals surface area contributed by atoms with Crippen LogP contribution in [-0.4, -0.2) is 48.8 Å². The van der Waals surface area contributed by atoms with Gasteiger partial charge in [0, 0.05) is 13.6 Å². The molecule has 1 saturated heterocycles. The zero-order valence-electron chi connectivity index (χ0n) is 15.1. The zero-order valence-corrected chi connectivity index (χ0v) is 15.1. The largest absolute Gasteiger partial charge is 0.358 e. The normalized spacial score (nSPS) is 38.7. The lowest BCUT2D eigenvalue weighted by Crippen LogP contribution is -2.57. The van der Waals surface area contributed by atoms with Gasteiger partial charge in [0.05, 0.1) is 12.0 Å². The first-order valence-corrected chi connectivity index (χ1v) is 9.80. The van der Waals surface area contributed by atoms with E-state index in [1.165, 1.54) is 19.3 Å². The van der Waals surface area contributed by atoms with Gasteiger partial charge >= 0.3 is 0 Å². The number of amides is 3. The molecule has 0 aromatic rings. The van der Waals surface area contributed by atoms with Crippen LogP contribution in [-0.2, 0) is 14.4 Å². The highest BCUT2D eigenvalue weighted by molar-refractivity contribution is 5.92. The van der Waals surface area contributed by atoms with Crippen molar-refractivity contribution in [1.29, 1.82) is 0 Å². The molecule has 5 rings (SSSR count). The zero-order chi connectivity index (χ0) is 17.6. The molecule has 4 aliphatic carbocycles. The highest BCUT2D eigenvalue weighted by Crippen LogP contribution is 2.60. The molecule has 4 bridgehead atoms. The minimum absolute atomic E-state index is 0.0226. The second kappa shape index (κ2) is 6.29. The average Bonchev–Trinajstić information content (AvgIpc) is 3.07. The van der Waals surface area contributed by atoms with Crippen molar-refractivity contribution in [3.05, 3.63) is 0 Å². The van der Waals surface area contributed by atoms with E-state index in [9.17, 15) is 14.4 Å². The summed E-state index contributed by atoms with van der Waals surface area (Å²) in [6.45, 7) is 0.657. The molecule has 5 aliphatic rings. The SMILES string of the molecule is CNC(=O)CNC(=O)C1CCCN1C(=O)C12CC3CC(CC(C3)C1)C2. The highest BCUT2D eigenvalue weighted by Gasteiger charge is 2.56. The first kappa shape index (κ1) is 16.9. The van der Waals surface area contributed by atoms with Gasteiger partial charge in [-0.05, 0) is 69.1 Å². The highest BCUT2D eigenvalue weighted by atomic mass is 16.2. The number of likely N-dealkylation sites (tertiary alicyclic amines) is 1. The van der Waals surface area contributed by atoms with Crippen LogP contribution < -0.4 is 10.6 Å². The number of likely N-dealkylation sites (N-methyl/N-ethyl adjacent to an activating group) is 1. The van der Waals surface area contributed by atoms with Crippen molar-refractivity contribution >= 4 is 17.7 Å². The number of carbonyl (C=O) groups is 3. The molecule has 1 atom stereocenters. The van der Waals surface area contributed by atoms with Gasteiger partial charge in [-0.3, -0.25) is 14.4 Å². The second-order valence-corrected chi connectivity index (χ2v) is 8.75. The van der Waals surface area contributed by atoms with Gasteiger partial charge in [0.15, 0.2) is 0 Å². The summed E-state index contributed by atoms with van der Waals surface area (Å²) in [5, 5.41) is 5.19. The van der Waals surface area contributed by atoms with Crippen molar-refractivity contribution in [3.8, 4) is 0 Å². The Balaban J connectivity index is 1.46. The van der Waals surface area contributed by atoms with Crippen LogP contribution in [0.1, 0.15) is 51.4 Å². The fourth-order valence-electron chi connectivity index (χ4n) is 6.33. The molecule has 6 nitrogen and oxygen atoms in total. The minimum atomic E-state index is -0.398. The molecule has 138 valence electrons. The van der Waals surface area contributed by atoms with Gasteiger partial charge < -0.3 is 15.5 Å². The van der Waals surface area contributed by atoms with Crippen LogP contribution in [0.15, 0.2) is 0 Å². The van der Waals surface area contributed by atoms with Gasteiger partial charge in [-0.2, -0.15) is 0 Å². The maximum absolute atomic E-state index is 13.5. The van der Waals surface area contributed by atoms with E-state index < -0.39 is 6.04 Å². The summed E-state index contributed by atoms with van der Waals surface area (Å²) >= 11 is 0. The Morgan fingerprint density at radius 2 is 1.64 bits per heavy atom. The predicted octanol–water partition coefficient (Wildman–Crippen LogP) is 1.06. The summed E-state index contributed by atoms with van der Waals surface area (Å²) in [6, 6.07) is -0.398. The fraction of sp³-hybridized carbons (Fsp3) is 0.842.